The molecule has 0 aliphatic rings. The molecule has 0 heterocycles. The molecule has 4 aromatic rings. The van der Waals surface area contributed by atoms with Crippen LogP contribution in [-0.4, -0.2) is 6.16 Å². The molecular weight excluding hydrogens is 435 g/mol. The summed E-state index contributed by atoms with van der Waals surface area (Å²) < 4.78 is 1.21. The summed E-state index contributed by atoms with van der Waals surface area (Å²) >= 11 is 3.72. The van der Waals surface area contributed by atoms with E-state index in [1.54, 1.807) is 0 Å². The molecule has 0 atom stereocenters. The molecule has 0 unspecified atom stereocenters. The Kier molecular flexibility index (Phi) is 6.60. The van der Waals surface area contributed by atoms with Crippen LogP contribution in [0.15, 0.2) is 120 Å². The van der Waals surface area contributed by atoms with E-state index in [9.17, 15) is 0 Å². The molecule has 4 aromatic carbocycles. The Labute approximate surface area is 183 Å². The summed E-state index contributed by atoms with van der Waals surface area (Å²) in [5.74, 6) is 0. The number of rotatable bonds is 7. The first kappa shape index (κ1) is 20.1. The number of hydrogen-bond donors (Lipinski definition) is 0. The third-order valence-electron chi connectivity index (χ3n) is 5.49. The summed E-state index contributed by atoms with van der Waals surface area (Å²) in [6.45, 7) is 0. The molecule has 4 rings (SSSR count). The Bertz CT molecular complexity index is 933. The van der Waals surface area contributed by atoms with Crippen LogP contribution in [0.3, 0.4) is 0 Å². The quantitative estimate of drug-likeness (QED) is 0.281. The molecule has 29 heavy (non-hydrogen) atoms. The van der Waals surface area contributed by atoms with Crippen molar-refractivity contribution in [3.8, 4) is 0 Å². The maximum Gasteiger partial charge on any atom is 0.112 e. The van der Waals surface area contributed by atoms with Gasteiger partial charge in [0.15, 0.2) is 0 Å². The van der Waals surface area contributed by atoms with Crippen LogP contribution in [0, 0.1) is 0 Å². The monoisotopic (exact) mass is 459 g/mol. The Morgan fingerprint density at radius 3 is 1.38 bits per heavy atom. The smallest absolute Gasteiger partial charge is 0.0620 e. The second kappa shape index (κ2) is 9.53. The van der Waals surface area contributed by atoms with Gasteiger partial charge in [0.2, 0.25) is 0 Å². The molecule has 0 bridgehead atoms. The van der Waals surface area contributed by atoms with Gasteiger partial charge in [-0.25, -0.2) is 0 Å². The van der Waals surface area contributed by atoms with Gasteiger partial charge >= 0.3 is 0 Å². The van der Waals surface area contributed by atoms with Crippen molar-refractivity contribution in [1.82, 2.24) is 0 Å². The average Bonchev–Trinajstić information content (AvgIpc) is 2.80. The summed E-state index contributed by atoms with van der Waals surface area (Å²) in [4.78, 5) is 0. The molecule has 0 fully saturated rings. The largest absolute Gasteiger partial charge is 0.112 e. The van der Waals surface area contributed by atoms with E-state index in [4.69, 9.17) is 0 Å². The number of hydrogen-bond acceptors (Lipinski definition) is 0. The summed E-state index contributed by atoms with van der Waals surface area (Å²) in [5, 5.41) is 4.39. The lowest BCUT2D eigenvalue weighted by Gasteiger charge is -2.27. The van der Waals surface area contributed by atoms with E-state index in [1.807, 2.05) is 0 Å². The second-order valence-electron chi connectivity index (χ2n) is 7.23. The van der Waals surface area contributed by atoms with Gasteiger partial charge in [0, 0.05) is 4.47 Å². The van der Waals surface area contributed by atoms with Gasteiger partial charge in [0.1, 0.15) is 23.2 Å². The van der Waals surface area contributed by atoms with Crippen molar-refractivity contribution >= 4 is 39.1 Å². The van der Waals surface area contributed by atoms with Crippen LogP contribution < -0.4 is 15.9 Å². The van der Waals surface area contributed by atoms with E-state index in [0.717, 1.165) is 19.0 Å². The maximum atomic E-state index is 3.72. The molecule has 0 spiro atoms. The van der Waals surface area contributed by atoms with Crippen molar-refractivity contribution in [2.24, 2.45) is 0 Å². The third kappa shape index (κ3) is 4.37. The molecule has 144 valence electrons. The molecule has 0 amide bonds. The standard InChI is InChI=1S/C27H25BrP/c28-27-21-11-10-13-23(27)14-12-22-29(24-15-4-1-5-16-24,25-17-6-2-7-18-25)26-19-8-3-9-20-26/h1-11,13,15-21H,12,14,22H2/q+1. The molecule has 0 nitrogen and oxygen atoms in total. The minimum Gasteiger partial charge on any atom is -0.0620 e. The van der Waals surface area contributed by atoms with E-state index in [-0.39, 0.29) is 0 Å². The van der Waals surface area contributed by atoms with Crippen LogP contribution in [0.25, 0.3) is 0 Å². The predicted octanol–water partition coefficient (Wildman–Crippen LogP) is 6.38. The summed E-state index contributed by atoms with van der Waals surface area (Å²) in [6.07, 6.45) is 3.39. The van der Waals surface area contributed by atoms with Gasteiger partial charge < -0.3 is 0 Å². The summed E-state index contributed by atoms with van der Waals surface area (Å²) in [5.41, 5.74) is 1.39. The van der Waals surface area contributed by atoms with Crippen LogP contribution in [0.5, 0.6) is 0 Å². The first-order valence-electron chi connectivity index (χ1n) is 10.1. The fraction of sp³-hybridized carbons (Fsp3) is 0.111. The van der Waals surface area contributed by atoms with Crippen molar-refractivity contribution in [2.75, 3.05) is 6.16 Å². The van der Waals surface area contributed by atoms with Crippen LogP contribution in [-0.2, 0) is 6.42 Å². The van der Waals surface area contributed by atoms with Gasteiger partial charge in [0.05, 0.1) is 6.16 Å². The lowest BCUT2D eigenvalue weighted by Crippen LogP contribution is -2.33. The van der Waals surface area contributed by atoms with Gasteiger partial charge in [0.25, 0.3) is 0 Å². The first-order valence-corrected chi connectivity index (χ1v) is 12.9. The maximum absolute atomic E-state index is 3.72. The molecule has 2 heteroatoms. The van der Waals surface area contributed by atoms with E-state index in [0.29, 0.717) is 0 Å². The van der Waals surface area contributed by atoms with Gasteiger partial charge in [-0.1, -0.05) is 88.7 Å². The fourth-order valence-electron chi connectivity index (χ4n) is 4.09. The van der Waals surface area contributed by atoms with Crippen molar-refractivity contribution in [2.45, 2.75) is 12.8 Å². The lowest BCUT2D eigenvalue weighted by molar-refractivity contribution is 0.923. The second-order valence-corrected chi connectivity index (χ2v) is 11.7. The molecule has 0 aliphatic carbocycles. The molecule has 0 radical (unpaired) electrons. The van der Waals surface area contributed by atoms with Gasteiger partial charge in [-0.3, -0.25) is 0 Å². The van der Waals surface area contributed by atoms with Crippen LogP contribution in [0.2, 0.25) is 0 Å². The molecule has 0 N–H and O–H groups in total. The first-order chi connectivity index (χ1) is 14.3. The molecular formula is C27H25BrP+. The number of benzene rings is 4. The van der Waals surface area contributed by atoms with E-state index >= 15 is 0 Å². The van der Waals surface area contributed by atoms with Crippen LogP contribution >= 0.6 is 23.2 Å². The highest BCUT2D eigenvalue weighted by Crippen LogP contribution is 2.55. The fourth-order valence-corrected chi connectivity index (χ4v) is 8.92. The molecule has 0 saturated heterocycles. The highest BCUT2D eigenvalue weighted by molar-refractivity contribution is 9.10. The van der Waals surface area contributed by atoms with Crippen molar-refractivity contribution < 1.29 is 0 Å². The zero-order chi connectivity index (χ0) is 19.9. The predicted molar refractivity (Wildman–Crippen MR) is 132 cm³/mol. The Morgan fingerprint density at radius 1 is 0.517 bits per heavy atom. The summed E-state index contributed by atoms with van der Waals surface area (Å²) in [6, 6.07) is 42.0. The van der Waals surface area contributed by atoms with Crippen LogP contribution in [0.4, 0.5) is 0 Å². The third-order valence-corrected chi connectivity index (χ3v) is 10.8. The van der Waals surface area contributed by atoms with Crippen LogP contribution in [0.1, 0.15) is 12.0 Å². The Hall–Kier alpha value is -2.21. The minimum atomic E-state index is -1.72. The topological polar surface area (TPSA) is 0 Å². The normalized spacial score (nSPS) is 11.3. The van der Waals surface area contributed by atoms with Gasteiger partial charge in [-0.2, -0.15) is 0 Å². The summed E-state index contributed by atoms with van der Waals surface area (Å²) in [7, 11) is -1.72. The zero-order valence-electron chi connectivity index (χ0n) is 16.4. The Morgan fingerprint density at radius 2 is 0.931 bits per heavy atom. The lowest BCUT2D eigenvalue weighted by atomic mass is 10.1. The number of aryl methyl sites for hydroxylation is 1. The zero-order valence-corrected chi connectivity index (χ0v) is 18.9. The van der Waals surface area contributed by atoms with E-state index < -0.39 is 7.26 Å². The van der Waals surface area contributed by atoms with Crippen molar-refractivity contribution in [1.29, 1.82) is 0 Å². The van der Waals surface area contributed by atoms with Crippen molar-refractivity contribution in [3.05, 3.63) is 125 Å². The SMILES string of the molecule is Brc1ccccc1CCC[P+](c1ccccc1)(c1ccccc1)c1ccccc1. The minimum absolute atomic E-state index is 1.08. The van der Waals surface area contributed by atoms with Crippen molar-refractivity contribution in [3.63, 3.8) is 0 Å². The Balaban J connectivity index is 1.78. The molecule has 0 aromatic heterocycles. The van der Waals surface area contributed by atoms with E-state index in [2.05, 4.69) is 131 Å². The highest BCUT2D eigenvalue weighted by Gasteiger charge is 2.44. The number of halogens is 1. The average molecular weight is 460 g/mol. The van der Waals surface area contributed by atoms with Gasteiger partial charge in [-0.05, 0) is 60.9 Å². The highest BCUT2D eigenvalue weighted by atomic mass is 79.9. The van der Waals surface area contributed by atoms with E-state index in [1.165, 1.54) is 25.9 Å². The van der Waals surface area contributed by atoms with Gasteiger partial charge in [-0.15, -0.1) is 0 Å². The molecule has 0 aliphatic heterocycles. The molecule has 0 saturated carbocycles.